The van der Waals surface area contributed by atoms with E-state index in [2.05, 4.69) is 20.5 Å². The summed E-state index contributed by atoms with van der Waals surface area (Å²) in [6.07, 6.45) is 1.64. The topological polar surface area (TPSA) is 72.7 Å². The summed E-state index contributed by atoms with van der Waals surface area (Å²) in [5.74, 6) is 0.0601. The van der Waals surface area contributed by atoms with Crippen molar-refractivity contribution in [1.29, 1.82) is 0 Å². The Labute approximate surface area is 168 Å². The predicted molar refractivity (Wildman–Crippen MR) is 110 cm³/mol. The van der Waals surface area contributed by atoms with Crippen molar-refractivity contribution in [1.82, 2.24) is 19.7 Å². The summed E-state index contributed by atoms with van der Waals surface area (Å²) < 4.78 is 2.79. The number of carbonyl (C=O) groups is 1. The third-order valence-corrected chi connectivity index (χ3v) is 5.87. The highest BCUT2D eigenvalue weighted by molar-refractivity contribution is 7.99. The molecular weight excluding hydrogens is 402 g/mol. The molecule has 136 valence electrons. The zero-order valence-corrected chi connectivity index (χ0v) is 16.6. The van der Waals surface area contributed by atoms with Crippen LogP contribution in [-0.4, -0.2) is 31.4 Å². The van der Waals surface area contributed by atoms with Crippen LogP contribution < -0.4 is 5.32 Å². The minimum Gasteiger partial charge on any atom is -0.301 e. The number of thiazole rings is 1. The first kappa shape index (κ1) is 18.0. The van der Waals surface area contributed by atoms with E-state index in [1.165, 1.54) is 28.7 Å². The van der Waals surface area contributed by atoms with Gasteiger partial charge in [0.2, 0.25) is 5.91 Å². The Bertz CT molecular complexity index is 1110. The molecular formula is C18H14ClN5OS2. The van der Waals surface area contributed by atoms with Gasteiger partial charge < -0.3 is 5.32 Å². The first-order valence-corrected chi connectivity index (χ1v) is 10.2. The molecule has 2 aromatic carbocycles. The molecule has 0 saturated heterocycles. The Morgan fingerprint density at radius 3 is 2.89 bits per heavy atom. The Hall–Kier alpha value is -2.42. The lowest BCUT2D eigenvalue weighted by Gasteiger charge is -2.06. The van der Waals surface area contributed by atoms with E-state index in [-0.39, 0.29) is 11.7 Å². The Morgan fingerprint density at radius 2 is 2.07 bits per heavy atom. The van der Waals surface area contributed by atoms with Gasteiger partial charge in [-0.05, 0) is 37.3 Å². The highest BCUT2D eigenvalue weighted by Crippen LogP contribution is 2.28. The normalized spacial score (nSPS) is 11.0. The zero-order valence-electron chi connectivity index (χ0n) is 14.2. The third-order valence-electron chi connectivity index (χ3n) is 3.76. The van der Waals surface area contributed by atoms with Gasteiger partial charge in [0.25, 0.3) is 0 Å². The zero-order chi connectivity index (χ0) is 18.8. The molecule has 0 radical (unpaired) electrons. The Kier molecular flexibility index (Phi) is 5.11. The molecule has 0 saturated carbocycles. The van der Waals surface area contributed by atoms with Crippen LogP contribution in [0.1, 0.15) is 5.56 Å². The van der Waals surface area contributed by atoms with Gasteiger partial charge in [0.15, 0.2) is 10.3 Å². The molecule has 0 atom stereocenters. The molecule has 4 aromatic rings. The summed E-state index contributed by atoms with van der Waals surface area (Å²) in [7, 11) is 0. The van der Waals surface area contributed by atoms with Gasteiger partial charge in [0, 0.05) is 10.7 Å². The van der Waals surface area contributed by atoms with Crippen molar-refractivity contribution in [2.45, 2.75) is 12.1 Å². The van der Waals surface area contributed by atoms with Crippen LogP contribution in [0.3, 0.4) is 0 Å². The van der Waals surface area contributed by atoms with Gasteiger partial charge in [-0.3, -0.25) is 9.36 Å². The lowest BCUT2D eigenvalue weighted by molar-refractivity contribution is -0.113. The molecule has 6 nitrogen and oxygen atoms in total. The lowest BCUT2D eigenvalue weighted by Crippen LogP contribution is -2.14. The van der Waals surface area contributed by atoms with E-state index in [1.54, 1.807) is 12.4 Å². The average Bonchev–Trinajstić information content (AvgIpc) is 3.26. The van der Waals surface area contributed by atoms with E-state index < -0.39 is 0 Å². The predicted octanol–water partition coefficient (Wildman–Crippen LogP) is 4.57. The molecule has 0 fully saturated rings. The van der Waals surface area contributed by atoms with Crippen LogP contribution in [0.5, 0.6) is 0 Å². The number of carbonyl (C=O) groups excluding carboxylic acids is 1. The molecule has 0 aliphatic rings. The standard InChI is InChI=1S/C18H14ClN5OS2/c1-11-2-5-13(6-3-11)24-10-20-23-18(24)26-9-16(25)22-17-21-14-7-4-12(19)8-15(14)27-17/h2-8,10H,9H2,1H3,(H,21,22,25). The molecule has 9 heteroatoms. The van der Waals surface area contributed by atoms with Crippen molar-refractivity contribution in [2.75, 3.05) is 11.1 Å². The molecule has 4 rings (SSSR count). The second-order valence-corrected chi connectivity index (χ2v) is 8.20. The molecule has 2 heterocycles. The second-order valence-electron chi connectivity index (χ2n) is 5.79. The summed E-state index contributed by atoms with van der Waals surface area (Å²) in [5.41, 5.74) is 2.94. The molecule has 2 aromatic heterocycles. The quantitative estimate of drug-likeness (QED) is 0.483. The van der Waals surface area contributed by atoms with Gasteiger partial charge in [-0.15, -0.1) is 10.2 Å². The van der Waals surface area contributed by atoms with Crippen LogP contribution >= 0.6 is 34.7 Å². The monoisotopic (exact) mass is 415 g/mol. The van der Waals surface area contributed by atoms with E-state index >= 15 is 0 Å². The summed E-state index contributed by atoms with van der Waals surface area (Å²) in [5, 5.41) is 12.8. The number of fused-ring (bicyclic) bond motifs is 1. The van der Waals surface area contributed by atoms with Crippen molar-refractivity contribution in [2.24, 2.45) is 0 Å². The highest BCUT2D eigenvalue weighted by Gasteiger charge is 2.12. The minimum absolute atomic E-state index is 0.149. The number of rotatable bonds is 5. The number of hydrogen-bond donors (Lipinski definition) is 1. The maximum atomic E-state index is 12.3. The second kappa shape index (κ2) is 7.67. The number of halogens is 1. The first-order chi connectivity index (χ1) is 13.1. The van der Waals surface area contributed by atoms with E-state index in [0.29, 0.717) is 15.3 Å². The molecule has 1 amide bonds. The van der Waals surface area contributed by atoms with Gasteiger partial charge in [-0.1, -0.05) is 52.4 Å². The fraction of sp³-hybridized carbons (Fsp3) is 0.111. The molecule has 0 aliphatic heterocycles. The molecule has 27 heavy (non-hydrogen) atoms. The van der Waals surface area contributed by atoms with Gasteiger partial charge in [-0.2, -0.15) is 0 Å². The lowest BCUT2D eigenvalue weighted by atomic mass is 10.2. The number of thioether (sulfide) groups is 1. The Balaban J connectivity index is 1.42. The first-order valence-electron chi connectivity index (χ1n) is 8.04. The minimum atomic E-state index is -0.149. The number of aromatic nitrogens is 4. The fourth-order valence-corrected chi connectivity index (χ4v) is 4.33. The fourth-order valence-electron chi connectivity index (χ4n) is 2.44. The van der Waals surface area contributed by atoms with Crippen molar-refractivity contribution in [3.05, 3.63) is 59.4 Å². The van der Waals surface area contributed by atoms with E-state index in [1.807, 2.05) is 47.9 Å². The van der Waals surface area contributed by atoms with Crippen LogP contribution in [0.4, 0.5) is 5.13 Å². The molecule has 0 bridgehead atoms. The average molecular weight is 416 g/mol. The van der Waals surface area contributed by atoms with E-state index in [4.69, 9.17) is 11.6 Å². The number of benzene rings is 2. The van der Waals surface area contributed by atoms with Crippen molar-refractivity contribution < 1.29 is 4.79 Å². The van der Waals surface area contributed by atoms with Crippen LogP contribution in [0.25, 0.3) is 15.9 Å². The van der Waals surface area contributed by atoms with Crippen LogP contribution in [0.15, 0.2) is 53.9 Å². The number of nitrogens with zero attached hydrogens (tertiary/aromatic N) is 4. The van der Waals surface area contributed by atoms with Gasteiger partial charge in [0.1, 0.15) is 6.33 Å². The highest BCUT2D eigenvalue weighted by atomic mass is 35.5. The summed E-state index contributed by atoms with van der Waals surface area (Å²) in [4.78, 5) is 16.7. The van der Waals surface area contributed by atoms with Crippen molar-refractivity contribution in [3.63, 3.8) is 0 Å². The van der Waals surface area contributed by atoms with Crippen LogP contribution in [0.2, 0.25) is 5.02 Å². The maximum Gasteiger partial charge on any atom is 0.236 e. The third kappa shape index (κ3) is 4.13. The van der Waals surface area contributed by atoms with Crippen LogP contribution in [-0.2, 0) is 4.79 Å². The largest absolute Gasteiger partial charge is 0.301 e. The Morgan fingerprint density at radius 1 is 1.26 bits per heavy atom. The summed E-state index contributed by atoms with van der Waals surface area (Å²) >= 11 is 8.70. The number of aryl methyl sites for hydroxylation is 1. The number of hydrogen-bond acceptors (Lipinski definition) is 6. The van der Waals surface area contributed by atoms with Gasteiger partial charge in [0.05, 0.1) is 16.0 Å². The van der Waals surface area contributed by atoms with E-state index in [0.717, 1.165) is 15.9 Å². The maximum absolute atomic E-state index is 12.3. The SMILES string of the molecule is Cc1ccc(-n2cnnc2SCC(=O)Nc2nc3ccc(Cl)cc3s2)cc1. The van der Waals surface area contributed by atoms with Crippen molar-refractivity contribution in [3.8, 4) is 5.69 Å². The molecule has 0 spiro atoms. The number of anilines is 1. The summed E-state index contributed by atoms with van der Waals surface area (Å²) in [6, 6.07) is 13.5. The van der Waals surface area contributed by atoms with Crippen molar-refractivity contribution >= 4 is 56.0 Å². The number of amides is 1. The molecule has 1 N–H and O–H groups in total. The number of nitrogens with one attached hydrogen (secondary N) is 1. The molecule has 0 unspecified atom stereocenters. The smallest absolute Gasteiger partial charge is 0.236 e. The van der Waals surface area contributed by atoms with Crippen LogP contribution in [0, 0.1) is 6.92 Å². The van der Waals surface area contributed by atoms with Gasteiger partial charge >= 0.3 is 0 Å². The summed E-state index contributed by atoms with van der Waals surface area (Å²) in [6.45, 7) is 2.03. The molecule has 0 aliphatic carbocycles. The van der Waals surface area contributed by atoms with E-state index in [9.17, 15) is 4.79 Å². The van der Waals surface area contributed by atoms with Gasteiger partial charge in [-0.25, -0.2) is 4.98 Å².